The fourth-order valence-electron chi connectivity index (χ4n) is 2.10. The maximum Gasteiger partial charge on any atom is 0.511 e. The monoisotopic (exact) mass is 358 g/mol. The first kappa shape index (κ1) is 16.2. The lowest BCUT2D eigenvalue weighted by Crippen LogP contribution is -2.06. The normalized spacial score (nSPS) is 11.8. The van der Waals surface area contributed by atoms with Gasteiger partial charge in [-0.25, -0.2) is 14.5 Å². The highest BCUT2D eigenvalue weighted by Gasteiger charge is 2.34. The Morgan fingerprint density at radius 1 is 1.42 bits per heavy atom. The maximum atomic E-state index is 13.1. The summed E-state index contributed by atoms with van der Waals surface area (Å²) in [5, 5.41) is 12.4. The number of benzene rings is 1. The molecule has 24 heavy (non-hydrogen) atoms. The predicted octanol–water partition coefficient (Wildman–Crippen LogP) is 3.55. The van der Waals surface area contributed by atoms with Crippen LogP contribution in [0.25, 0.3) is 17.0 Å². The first-order valence-corrected chi connectivity index (χ1v) is 7.61. The van der Waals surface area contributed by atoms with Gasteiger partial charge in [-0.05, 0) is 18.4 Å². The summed E-state index contributed by atoms with van der Waals surface area (Å²) in [6.45, 7) is 0. The second-order valence-corrected chi connectivity index (χ2v) is 5.46. The molecular formula is C13H9F3N4O3S. The number of alkyl halides is 3. The standard InChI is InChI=1S/C13H9F3N4O3S/c1-24-10-3-9-8(2-7(10)13(14,15)16)18-11(19-9)20-5-6(4-17-20)23-12(21)22/h2-5H,1H3,(H,18,19)(H,21,22). The van der Waals surface area contributed by atoms with Crippen molar-refractivity contribution < 1.29 is 27.8 Å². The quantitative estimate of drug-likeness (QED) is 0.549. The van der Waals surface area contributed by atoms with Gasteiger partial charge in [0.05, 0.1) is 29.0 Å². The second kappa shape index (κ2) is 5.74. The van der Waals surface area contributed by atoms with Crippen molar-refractivity contribution in [1.82, 2.24) is 19.7 Å². The van der Waals surface area contributed by atoms with Crippen molar-refractivity contribution in [2.75, 3.05) is 6.26 Å². The van der Waals surface area contributed by atoms with Gasteiger partial charge in [0, 0.05) is 4.90 Å². The minimum absolute atomic E-state index is 0.0382. The number of aromatic amines is 1. The van der Waals surface area contributed by atoms with Gasteiger partial charge in [-0.1, -0.05) is 0 Å². The van der Waals surface area contributed by atoms with E-state index < -0.39 is 17.9 Å². The summed E-state index contributed by atoms with van der Waals surface area (Å²) in [6, 6.07) is 2.32. The fourth-order valence-corrected chi connectivity index (χ4v) is 2.72. The molecule has 0 saturated heterocycles. The number of H-pyrrole nitrogens is 1. The van der Waals surface area contributed by atoms with Gasteiger partial charge in [0.25, 0.3) is 0 Å². The molecule has 0 bridgehead atoms. The Bertz CT molecular complexity index is 919. The molecule has 3 rings (SSSR count). The number of ether oxygens (including phenoxy) is 1. The van der Waals surface area contributed by atoms with Gasteiger partial charge < -0.3 is 14.8 Å². The van der Waals surface area contributed by atoms with E-state index in [4.69, 9.17) is 5.11 Å². The zero-order valence-corrected chi connectivity index (χ0v) is 12.8. The van der Waals surface area contributed by atoms with Gasteiger partial charge in [0.1, 0.15) is 0 Å². The van der Waals surface area contributed by atoms with E-state index in [1.54, 1.807) is 6.26 Å². The van der Waals surface area contributed by atoms with Gasteiger partial charge >= 0.3 is 12.3 Å². The molecule has 0 amide bonds. The molecule has 126 valence electrons. The van der Waals surface area contributed by atoms with E-state index in [0.29, 0.717) is 5.52 Å². The van der Waals surface area contributed by atoms with Crippen molar-refractivity contribution in [3.05, 3.63) is 30.1 Å². The third-order valence-electron chi connectivity index (χ3n) is 3.08. The van der Waals surface area contributed by atoms with Crippen LogP contribution in [0.15, 0.2) is 29.4 Å². The Morgan fingerprint density at radius 3 is 2.79 bits per heavy atom. The van der Waals surface area contributed by atoms with Gasteiger partial charge in [-0.15, -0.1) is 11.8 Å². The number of nitrogens with zero attached hydrogens (tertiary/aromatic N) is 3. The van der Waals surface area contributed by atoms with E-state index in [-0.39, 0.29) is 22.1 Å². The highest BCUT2D eigenvalue weighted by molar-refractivity contribution is 7.98. The fraction of sp³-hybridized carbons (Fsp3) is 0.154. The largest absolute Gasteiger partial charge is 0.511 e. The van der Waals surface area contributed by atoms with E-state index in [0.717, 1.165) is 24.0 Å². The summed E-state index contributed by atoms with van der Waals surface area (Å²) < 4.78 is 44.8. The summed E-state index contributed by atoms with van der Waals surface area (Å²) in [5.74, 6) is 0.0976. The van der Waals surface area contributed by atoms with Crippen LogP contribution in [0.4, 0.5) is 18.0 Å². The molecule has 2 aromatic heterocycles. The van der Waals surface area contributed by atoms with Crippen LogP contribution in [0.5, 0.6) is 5.75 Å². The molecule has 0 spiro atoms. The molecule has 2 heterocycles. The van der Waals surface area contributed by atoms with E-state index in [2.05, 4.69) is 19.8 Å². The lowest BCUT2D eigenvalue weighted by Gasteiger charge is -2.10. The van der Waals surface area contributed by atoms with Crippen LogP contribution in [-0.2, 0) is 6.18 Å². The molecular weight excluding hydrogens is 349 g/mol. The summed E-state index contributed by atoms with van der Waals surface area (Å²) in [7, 11) is 0. The number of nitrogens with one attached hydrogen (secondary N) is 1. The number of thioether (sulfide) groups is 1. The number of fused-ring (bicyclic) bond motifs is 1. The lowest BCUT2D eigenvalue weighted by molar-refractivity contribution is -0.139. The molecule has 11 heteroatoms. The van der Waals surface area contributed by atoms with E-state index in [1.165, 1.54) is 16.9 Å². The zero-order chi connectivity index (χ0) is 17.5. The van der Waals surface area contributed by atoms with Crippen molar-refractivity contribution in [3.63, 3.8) is 0 Å². The highest BCUT2D eigenvalue weighted by atomic mass is 32.2. The first-order chi connectivity index (χ1) is 11.3. The molecule has 2 N–H and O–H groups in total. The molecule has 0 fully saturated rings. The summed E-state index contributed by atoms with van der Waals surface area (Å²) in [4.78, 5) is 17.4. The topological polar surface area (TPSA) is 93.0 Å². The van der Waals surface area contributed by atoms with Crippen LogP contribution in [-0.4, -0.2) is 37.3 Å². The average Bonchev–Trinajstić information content (AvgIpc) is 3.09. The molecule has 0 aliphatic rings. The molecule has 0 aliphatic heterocycles. The average molecular weight is 358 g/mol. The zero-order valence-electron chi connectivity index (χ0n) is 12.0. The van der Waals surface area contributed by atoms with Crippen LogP contribution >= 0.6 is 11.8 Å². The SMILES string of the molecule is CSc1cc2nc(-n3cc(OC(=O)O)cn3)[nH]c2cc1C(F)(F)F. The molecule has 0 saturated carbocycles. The summed E-state index contributed by atoms with van der Waals surface area (Å²) >= 11 is 0.972. The molecule has 0 unspecified atom stereocenters. The van der Waals surface area contributed by atoms with Crippen LogP contribution in [0.1, 0.15) is 5.56 Å². The first-order valence-electron chi connectivity index (χ1n) is 6.38. The Hall–Kier alpha value is -2.69. The predicted molar refractivity (Wildman–Crippen MR) is 78.7 cm³/mol. The molecule has 1 aromatic carbocycles. The lowest BCUT2D eigenvalue weighted by atomic mass is 10.2. The smallest absolute Gasteiger partial charge is 0.449 e. The number of rotatable bonds is 3. The number of carbonyl (C=O) groups is 1. The van der Waals surface area contributed by atoms with Crippen molar-refractivity contribution in [2.45, 2.75) is 11.1 Å². The number of hydrogen-bond acceptors (Lipinski definition) is 5. The minimum Gasteiger partial charge on any atom is -0.449 e. The molecule has 0 aliphatic carbocycles. The van der Waals surface area contributed by atoms with Gasteiger partial charge in [0.15, 0.2) is 5.75 Å². The summed E-state index contributed by atoms with van der Waals surface area (Å²) in [6.07, 6.45) is -2.04. The van der Waals surface area contributed by atoms with E-state index in [9.17, 15) is 18.0 Å². The van der Waals surface area contributed by atoms with Crippen LogP contribution in [0.3, 0.4) is 0 Å². The maximum absolute atomic E-state index is 13.1. The number of hydrogen-bond donors (Lipinski definition) is 2. The Labute approximate surface area is 136 Å². The molecule has 0 radical (unpaired) electrons. The van der Waals surface area contributed by atoms with Gasteiger partial charge in [-0.2, -0.15) is 18.3 Å². The van der Waals surface area contributed by atoms with Gasteiger partial charge in [-0.3, -0.25) is 0 Å². The number of carboxylic acid groups (broad SMARTS) is 1. The van der Waals surface area contributed by atoms with Crippen LogP contribution < -0.4 is 4.74 Å². The Morgan fingerprint density at radius 2 is 2.17 bits per heavy atom. The number of halogens is 3. The summed E-state index contributed by atoms with van der Waals surface area (Å²) in [5.41, 5.74) is -0.238. The van der Waals surface area contributed by atoms with Crippen molar-refractivity contribution in [2.24, 2.45) is 0 Å². The Kier molecular flexibility index (Phi) is 3.87. The van der Waals surface area contributed by atoms with Crippen molar-refractivity contribution >= 4 is 29.0 Å². The number of imidazole rings is 1. The Balaban J connectivity index is 2.05. The van der Waals surface area contributed by atoms with Crippen molar-refractivity contribution in [1.29, 1.82) is 0 Å². The van der Waals surface area contributed by atoms with Gasteiger partial charge in [0.2, 0.25) is 5.95 Å². The van der Waals surface area contributed by atoms with Crippen LogP contribution in [0.2, 0.25) is 0 Å². The molecule has 7 nitrogen and oxygen atoms in total. The van der Waals surface area contributed by atoms with E-state index >= 15 is 0 Å². The highest BCUT2D eigenvalue weighted by Crippen LogP contribution is 2.38. The third kappa shape index (κ3) is 3.02. The van der Waals surface area contributed by atoms with E-state index in [1.807, 2.05) is 0 Å². The number of aromatic nitrogens is 4. The second-order valence-electron chi connectivity index (χ2n) is 4.62. The third-order valence-corrected chi connectivity index (χ3v) is 3.85. The molecule has 3 aromatic rings. The molecule has 0 atom stereocenters. The van der Waals surface area contributed by atoms with Crippen LogP contribution in [0, 0.1) is 0 Å². The minimum atomic E-state index is -4.48. The van der Waals surface area contributed by atoms with Crippen molar-refractivity contribution in [3.8, 4) is 11.7 Å².